The SMILES string of the molecule is CCc1ccc(-n2c(SCc3nc(-c4ccccc4OC)no3)nnc2-c2ccccc2)cc1. The van der Waals surface area contributed by atoms with Gasteiger partial charge in [-0.05, 0) is 36.2 Å². The number of rotatable bonds is 8. The summed E-state index contributed by atoms with van der Waals surface area (Å²) in [4.78, 5) is 4.56. The first-order valence-corrected chi connectivity index (χ1v) is 11.9. The predicted molar refractivity (Wildman–Crippen MR) is 132 cm³/mol. The minimum absolute atomic E-state index is 0.460. The van der Waals surface area contributed by atoms with Gasteiger partial charge in [0.05, 0.1) is 18.4 Å². The first-order valence-electron chi connectivity index (χ1n) is 11.0. The fourth-order valence-corrected chi connectivity index (χ4v) is 4.42. The van der Waals surface area contributed by atoms with E-state index in [0.717, 1.165) is 34.2 Å². The third kappa shape index (κ3) is 4.45. The van der Waals surface area contributed by atoms with Gasteiger partial charge in [-0.15, -0.1) is 10.2 Å². The first-order chi connectivity index (χ1) is 16.8. The van der Waals surface area contributed by atoms with Crippen molar-refractivity contribution < 1.29 is 9.26 Å². The molecule has 0 unspecified atom stereocenters. The molecule has 0 bridgehead atoms. The standard InChI is InChI=1S/C26H23N5O2S/c1-3-18-13-15-20(16-14-18)31-25(19-9-5-4-6-10-19)28-29-26(31)34-17-23-27-24(30-33-23)21-11-7-8-12-22(21)32-2/h4-16H,3,17H2,1-2H3. The molecule has 0 amide bonds. The molecule has 0 atom stereocenters. The van der Waals surface area contributed by atoms with Crippen molar-refractivity contribution in [2.24, 2.45) is 0 Å². The van der Waals surface area contributed by atoms with Crippen molar-refractivity contribution in [1.82, 2.24) is 24.9 Å². The zero-order valence-electron chi connectivity index (χ0n) is 18.9. The number of ether oxygens (including phenoxy) is 1. The zero-order chi connectivity index (χ0) is 23.3. The van der Waals surface area contributed by atoms with Crippen LogP contribution in [0.25, 0.3) is 28.5 Å². The lowest BCUT2D eigenvalue weighted by atomic mass is 10.1. The summed E-state index contributed by atoms with van der Waals surface area (Å²) in [6, 6.07) is 26.1. The van der Waals surface area contributed by atoms with Crippen LogP contribution in [-0.2, 0) is 12.2 Å². The van der Waals surface area contributed by atoms with Crippen LogP contribution >= 0.6 is 11.8 Å². The van der Waals surface area contributed by atoms with Crippen LogP contribution in [0.3, 0.4) is 0 Å². The largest absolute Gasteiger partial charge is 0.496 e. The van der Waals surface area contributed by atoms with Crippen molar-refractivity contribution in [1.29, 1.82) is 0 Å². The number of nitrogens with zero attached hydrogens (tertiary/aromatic N) is 5. The van der Waals surface area contributed by atoms with Crippen LogP contribution in [0.1, 0.15) is 18.4 Å². The van der Waals surface area contributed by atoms with E-state index < -0.39 is 0 Å². The summed E-state index contributed by atoms with van der Waals surface area (Å²) in [6.45, 7) is 2.15. The van der Waals surface area contributed by atoms with E-state index in [9.17, 15) is 0 Å². The van der Waals surface area contributed by atoms with Crippen LogP contribution in [0.2, 0.25) is 0 Å². The molecule has 2 aromatic heterocycles. The maximum atomic E-state index is 5.51. The molecule has 0 saturated heterocycles. The van der Waals surface area contributed by atoms with Gasteiger partial charge in [-0.3, -0.25) is 4.57 Å². The summed E-state index contributed by atoms with van der Waals surface area (Å²) in [5.41, 5.74) is 4.07. The number of hydrogen-bond donors (Lipinski definition) is 0. The van der Waals surface area contributed by atoms with Gasteiger partial charge in [-0.1, -0.05) is 78.4 Å². The van der Waals surface area contributed by atoms with E-state index in [2.05, 4.69) is 56.1 Å². The van der Waals surface area contributed by atoms with Crippen LogP contribution in [0.15, 0.2) is 88.5 Å². The minimum atomic E-state index is 0.460. The predicted octanol–water partition coefficient (Wildman–Crippen LogP) is 5.85. The van der Waals surface area contributed by atoms with E-state index >= 15 is 0 Å². The van der Waals surface area contributed by atoms with Crippen LogP contribution in [0.4, 0.5) is 0 Å². The molecule has 7 nitrogen and oxygen atoms in total. The number of thioether (sulfide) groups is 1. The Morgan fingerprint density at radius 1 is 0.912 bits per heavy atom. The highest BCUT2D eigenvalue weighted by molar-refractivity contribution is 7.98. The lowest BCUT2D eigenvalue weighted by Gasteiger charge is -2.10. The summed E-state index contributed by atoms with van der Waals surface area (Å²) < 4.78 is 13.0. The lowest BCUT2D eigenvalue weighted by Crippen LogP contribution is -2.00. The Hall–Kier alpha value is -3.91. The molecule has 0 N–H and O–H groups in total. The topological polar surface area (TPSA) is 78.9 Å². The van der Waals surface area contributed by atoms with Gasteiger partial charge in [0.15, 0.2) is 11.0 Å². The molecule has 0 spiro atoms. The second-order valence-corrected chi connectivity index (χ2v) is 8.47. The molecule has 2 heterocycles. The number of benzene rings is 3. The van der Waals surface area contributed by atoms with Gasteiger partial charge in [0, 0.05) is 11.3 Å². The number of aromatic nitrogens is 5. The van der Waals surface area contributed by atoms with Crippen molar-refractivity contribution in [2.75, 3.05) is 7.11 Å². The van der Waals surface area contributed by atoms with Crippen LogP contribution in [0, 0.1) is 0 Å². The van der Waals surface area contributed by atoms with Gasteiger partial charge in [-0.25, -0.2) is 0 Å². The van der Waals surface area contributed by atoms with E-state index in [1.165, 1.54) is 17.3 Å². The van der Waals surface area contributed by atoms with E-state index in [4.69, 9.17) is 9.26 Å². The lowest BCUT2D eigenvalue weighted by molar-refractivity contribution is 0.390. The summed E-state index contributed by atoms with van der Waals surface area (Å²) in [5.74, 6) is 2.94. The molecule has 8 heteroatoms. The molecular formula is C26H23N5O2S. The molecule has 5 aromatic rings. The Morgan fingerprint density at radius 3 is 2.44 bits per heavy atom. The highest BCUT2D eigenvalue weighted by atomic mass is 32.2. The van der Waals surface area contributed by atoms with Crippen LogP contribution in [-0.4, -0.2) is 32.0 Å². The number of aryl methyl sites for hydroxylation is 1. The molecule has 34 heavy (non-hydrogen) atoms. The molecule has 0 fully saturated rings. The first kappa shape index (κ1) is 21.9. The molecule has 5 rings (SSSR count). The minimum Gasteiger partial charge on any atom is -0.496 e. The molecule has 0 aliphatic carbocycles. The second kappa shape index (κ2) is 9.93. The Kier molecular flexibility index (Phi) is 6.40. The summed E-state index contributed by atoms with van der Waals surface area (Å²) in [5, 5.41) is 13.9. The Balaban J connectivity index is 1.44. The Labute approximate surface area is 201 Å². The van der Waals surface area contributed by atoms with Crippen LogP contribution in [0.5, 0.6) is 5.75 Å². The summed E-state index contributed by atoms with van der Waals surface area (Å²) in [6.07, 6.45) is 0.987. The maximum Gasteiger partial charge on any atom is 0.237 e. The second-order valence-electron chi connectivity index (χ2n) is 7.53. The van der Waals surface area contributed by atoms with Crippen molar-refractivity contribution >= 4 is 11.8 Å². The van der Waals surface area contributed by atoms with Gasteiger partial charge in [0.25, 0.3) is 0 Å². The van der Waals surface area contributed by atoms with Gasteiger partial charge in [-0.2, -0.15) is 4.98 Å². The average Bonchev–Trinajstić information content (AvgIpc) is 3.55. The molecule has 0 saturated carbocycles. The van der Waals surface area contributed by atoms with Gasteiger partial charge in [0.2, 0.25) is 11.7 Å². The summed E-state index contributed by atoms with van der Waals surface area (Å²) in [7, 11) is 1.62. The van der Waals surface area contributed by atoms with Crippen molar-refractivity contribution in [2.45, 2.75) is 24.3 Å². The molecule has 3 aromatic carbocycles. The molecule has 0 aliphatic heterocycles. The van der Waals surface area contributed by atoms with Gasteiger partial charge < -0.3 is 9.26 Å². The Morgan fingerprint density at radius 2 is 1.68 bits per heavy atom. The zero-order valence-corrected chi connectivity index (χ0v) is 19.7. The van der Waals surface area contributed by atoms with Crippen molar-refractivity contribution in [3.63, 3.8) is 0 Å². The summed E-state index contributed by atoms with van der Waals surface area (Å²) >= 11 is 1.50. The average molecular weight is 470 g/mol. The fourth-order valence-electron chi connectivity index (χ4n) is 3.63. The Bertz CT molecular complexity index is 1380. The molecule has 0 radical (unpaired) electrons. The quantitative estimate of drug-likeness (QED) is 0.264. The molecule has 170 valence electrons. The van der Waals surface area contributed by atoms with Crippen LogP contribution < -0.4 is 4.74 Å². The molecule has 0 aliphatic rings. The maximum absolute atomic E-state index is 5.51. The monoisotopic (exact) mass is 469 g/mol. The van der Waals surface area contributed by atoms with E-state index in [-0.39, 0.29) is 0 Å². The fraction of sp³-hybridized carbons (Fsp3) is 0.154. The van der Waals surface area contributed by atoms with E-state index in [1.807, 2.05) is 54.6 Å². The normalized spacial score (nSPS) is 11.0. The van der Waals surface area contributed by atoms with Gasteiger partial charge >= 0.3 is 0 Å². The third-order valence-electron chi connectivity index (χ3n) is 5.41. The number of para-hydroxylation sites is 1. The highest BCUT2D eigenvalue weighted by Gasteiger charge is 2.18. The smallest absolute Gasteiger partial charge is 0.237 e. The highest BCUT2D eigenvalue weighted by Crippen LogP contribution is 2.31. The molecular weight excluding hydrogens is 446 g/mol. The third-order valence-corrected chi connectivity index (χ3v) is 6.32. The van der Waals surface area contributed by atoms with Gasteiger partial charge in [0.1, 0.15) is 5.75 Å². The van der Waals surface area contributed by atoms with Crippen molar-refractivity contribution in [3.05, 3.63) is 90.3 Å². The van der Waals surface area contributed by atoms with E-state index in [1.54, 1.807) is 7.11 Å². The number of methoxy groups -OCH3 is 1. The van der Waals surface area contributed by atoms with E-state index in [0.29, 0.717) is 23.2 Å². The van der Waals surface area contributed by atoms with Crippen molar-refractivity contribution in [3.8, 4) is 34.2 Å². The number of hydrogen-bond acceptors (Lipinski definition) is 7.